The summed E-state index contributed by atoms with van der Waals surface area (Å²) in [6, 6.07) is 0.243. The lowest BCUT2D eigenvalue weighted by Gasteiger charge is -2.44. The van der Waals surface area contributed by atoms with E-state index in [0.717, 1.165) is 6.42 Å². The van der Waals surface area contributed by atoms with Crippen LogP contribution in [0.2, 0.25) is 0 Å². The number of alkyl halides is 3. The summed E-state index contributed by atoms with van der Waals surface area (Å²) in [5, 5.41) is 18.9. The molecule has 1 aromatic carbocycles. The molecule has 2 unspecified atom stereocenters. The van der Waals surface area contributed by atoms with E-state index in [0.29, 0.717) is 47.0 Å². The largest absolute Gasteiger partial charge is 0.480 e. The van der Waals surface area contributed by atoms with Gasteiger partial charge in [-0.15, -0.1) is 0 Å². The van der Waals surface area contributed by atoms with Crippen LogP contribution in [0.5, 0.6) is 0 Å². The number of likely N-dealkylation sites (tertiary alicyclic amines) is 1. The molecule has 1 saturated carbocycles. The second-order valence-corrected chi connectivity index (χ2v) is 8.42. The molecular formula is C21H23F3N4O4. The van der Waals surface area contributed by atoms with Crippen LogP contribution in [-0.4, -0.2) is 56.4 Å². The molecule has 4 rings (SSSR count). The van der Waals surface area contributed by atoms with E-state index in [2.05, 4.69) is 10.2 Å². The lowest BCUT2D eigenvalue weighted by atomic mass is 9.81. The van der Waals surface area contributed by atoms with Crippen molar-refractivity contribution in [1.82, 2.24) is 20.4 Å². The minimum atomic E-state index is -4.69. The maximum absolute atomic E-state index is 13.6. The quantitative estimate of drug-likeness (QED) is 0.603. The number of fused-ring (bicyclic) bond motifs is 1. The lowest BCUT2D eigenvalue weighted by molar-refractivity contribution is -0.172. The van der Waals surface area contributed by atoms with Crippen molar-refractivity contribution in [2.75, 3.05) is 0 Å². The molecule has 2 aliphatic rings. The first-order chi connectivity index (χ1) is 15.2. The summed E-state index contributed by atoms with van der Waals surface area (Å²) in [6.45, 7) is 0. The molecule has 1 aliphatic carbocycles. The highest BCUT2D eigenvalue weighted by Crippen LogP contribution is 2.36. The van der Waals surface area contributed by atoms with Crippen molar-refractivity contribution in [1.29, 1.82) is 0 Å². The number of halogens is 3. The number of carbonyl (C=O) groups excluding carboxylic acids is 2. The van der Waals surface area contributed by atoms with E-state index in [1.54, 1.807) is 24.4 Å². The average molecular weight is 452 g/mol. The number of aromatic amines is 1. The van der Waals surface area contributed by atoms with Crippen LogP contribution in [0.1, 0.15) is 37.7 Å². The number of aliphatic carboxylic acids is 1. The van der Waals surface area contributed by atoms with Crippen LogP contribution in [0.25, 0.3) is 10.9 Å². The van der Waals surface area contributed by atoms with E-state index in [4.69, 9.17) is 0 Å². The van der Waals surface area contributed by atoms with Crippen molar-refractivity contribution in [3.05, 3.63) is 30.0 Å². The van der Waals surface area contributed by atoms with Gasteiger partial charge >= 0.3 is 18.2 Å². The van der Waals surface area contributed by atoms with Crippen LogP contribution >= 0.6 is 0 Å². The highest BCUT2D eigenvalue weighted by molar-refractivity contribution is 6.07. The van der Waals surface area contributed by atoms with Gasteiger partial charge in [0.05, 0.1) is 17.6 Å². The molecular weight excluding hydrogens is 429 g/mol. The number of imide groups is 1. The van der Waals surface area contributed by atoms with Crippen LogP contribution in [0.4, 0.5) is 18.0 Å². The Morgan fingerprint density at radius 2 is 1.97 bits per heavy atom. The molecule has 1 aliphatic heterocycles. The van der Waals surface area contributed by atoms with Crippen LogP contribution < -0.4 is 5.32 Å². The summed E-state index contributed by atoms with van der Waals surface area (Å²) in [5.41, 5.74) is 1.37. The van der Waals surface area contributed by atoms with Crippen molar-refractivity contribution < 1.29 is 32.7 Å². The highest BCUT2D eigenvalue weighted by atomic mass is 19.4. The topological polar surface area (TPSA) is 115 Å². The van der Waals surface area contributed by atoms with Gasteiger partial charge in [0.15, 0.2) is 6.04 Å². The lowest BCUT2D eigenvalue weighted by Crippen LogP contribution is -2.70. The fourth-order valence-electron chi connectivity index (χ4n) is 4.84. The number of nitrogens with zero attached hydrogens (tertiary/aromatic N) is 2. The Hall–Kier alpha value is -3.11. The zero-order chi connectivity index (χ0) is 23.0. The third-order valence-electron chi connectivity index (χ3n) is 6.45. The number of hydrogen-bond donors (Lipinski definition) is 3. The molecule has 8 nitrogen and oxygen atoms in total. The third kappa shape index (κ3) is 4.03. The summed E-state index contributed by atoms with van der Waals surface area (Å²) in [5.74, 6) is -4.09. The Morgan fingerprint density at radius 3 is 2.62 bits per heavy atom. The molecule has 0 radical (unpaired) electrons. The average Bonchev–Trinajstić information content (AvgIpc) is 3.22. The maximum atomic E-state index is 13.6. The van der Waals surface area contributed by atoms with Gasteiger partial charge in [0, 0.05) is 5.39 Å². The molecule has 3 N–H and O–H groups in total. The van der Waals surface area contributed by atoms with E-state index >= 15 is 0 Å². The molecule has 3 amide bonds. The van der Waals surface area contributed by atoms with Crippen LogP contribution in [0, 0.1) is 11.8 Å². The predicted molar refractivity (Wildman–Crippen MR) is 107 cm³/mol. The molecule has 2 heterocycles. The summed E-state index contributed by atoms with van der Waals surface area (Å²) in [4.78, 5) is 37.6. The second kappa shape index (κ2) is 8.44. The first-order valence-corrected chi connectivity index (χ1v) is 10.5. The number of carboxylic acids is 1. The molecule has 0 bridgehead atoms. The van der Waals surface area contributed by atoms with E-state index < -0.39 is 48.0 Å². The number of aromatic nitrogens is 2. The standard InChI is InChI=1S/C21H23F3N4O4/c22-21(23,24)17(11-5-2-1-3-6-11)26-20(32)28-16(19(30)31)13(18(28)29)9-12-7-4-8-15-14(12)10-25-27-15/h4,7-8,10-11,13,16-17H,1-3,5-6,9H2,(H,25,27)(H,26,32)(H,30,31)/t13-,16?,17?/m1/s1. The molecule has 32 heavy (non-hydrogen) atoms. The SMILES string of the molecule is O=C(O)C1[C@@H](Cc2cccc3[nH]ncc23)C(=O)N1C(=O)NC(C1CCCCC1)C(F)(F)F. The summed E-state index contributed by atoms with van der Waals surface area (Å²) in [7, 11) is 0. The van der Waals surface area contributed by atoms with Gasteiger partial charge in [-0.05, 0) is 36.8 Å². The van der Waals surface area contributed by atoms with Crippen LogP contribution in [0.3, 0.4) is 0 Å². The van der Waals surface area contributed by atoms with E-state index in [-0.39, 0.29) is 6.42 Å². The first-order valence-electron chi connectivity index (χ1n) is 10.5. The number of urea groups is 1. The normalized spacial score (nSPS) is 23.1. The number of nitrogens with one attached hydrogen (secondary N) is 2. The smallest absolute Gasteiger partial charge is 0.408 e. The van der Waals surface area contributed by atoms with Crippen LogP contribution in [-0.2, 0) is 16.0 Å². The van der Waals surface area contributed by atoms with E-state index in [1.165, 1.54) is 0 Å². The molecule has 1 aromatic heterocycles. The Bertz CT molecular complexity index is 1030. The Balaban J connectivity index is 1.51. The summed E-state index contributed by atoms with van der Waals surface area (Å²) >= 11 is 0. The second-order valence-electron chi connectivity index (χ2n) is 8.42. The number of rotatable bonds is 5. The van der Waals surface area contributed by atoms with Crippen molar-refractivity contribution >= 4 is 28.8 Å². The molecule has 1 saturated heterocycles. The third-order valence-corrected chi connectivity index (χ3v) is 6.45. The summed E-state index contributed by atoms with van der Waals surface area (Å²) < 4.78 is 40.9. The zero-order valence-electron chi connectivity index (χ0n) is 17.1. The molecule has 172 valence electrons. The number of carboxylic acid groups (broad SMARTS) is 1. The number of hydrogen-bond acceptors (Lipinski definition) is 4. The molecule has 3 atom stereocenters. The number of H-pyrrole nitrogens is 1. The maximum Gasteiger partial charge on any atom is 0.408 e. The Morgan fingerprint density at radius 1 is 1.25 bits per heavy atom. The number of carbonyl (C=O) groups is 3. The minimum absolute atomic E-state index is 0.0295. The van der Waals surface area contributed by atoms with Gasteiger partial charge in [-0.25, -0.2) is 14.5 Å². The number of β-lactam (4-membered cyclic amide) rings is 1. The Kier molecular flexibility index (Phi) is 5.83. The number of benzene rings is 1. The van der Waals surface area contributed by atoms with E-state index in [9.17, 15) is 32.7 Å². The molecule has 11 heteroatoms. The van der Waals surface area contributed by atoms with Crippen LogP contribution in [0.15, 0.2) is 24.4 Å². The first kappa shape index (κ1) is 22.1. The van der Waals surface area contributed by atoms with Crippen molar-refractivity contribution in [2.45, 2.75) is 56.8 Å². The van der Waals surface area contributed by atoms with Crippen molar-refractivity contribution in [3.8, 4) is 0 Å². The fraction of sp³-hybridized carbons (Fsp3) is 0.524. The predicted octanol–water partition coefficient (Wildman–Crippen LogP) is 3.24. The van der Waals surface area contributed by atoms with Gasteiger partial charge in [-0.2, -0.15) is 18.3 Å². The van der Waals surface area contributed by atoms with Gasteiger partial charge in [0.25, 0.3) is 0 Å². The van der Waals surface area contributed by atoms with Gasteiger partial charge in [0.1, 0.15) is 6.04 Å². The minimum Gasteiger partial charge on any atom is -0.480 e. The van der Waals surface area contributed by atoms with Gasteiger partial charge < -0.3 is 10.4 Å². The van der Waals surface area contributed by atoms with E-state index in [1.807, 2.05) is 5.32 Å². The van der Waals surface area contributed by atoms with Gasteiger partial charge in [-0.1, -0.05) is 31.4 Å². The number of amides is 3. The fourth-order valence-corrected chi connectivity index (χ4v) is 4.84. The zero-order valence-corrected chi connectivity index (χ0v) is 17.1. The highest BCUT2D eigenvalue weighted by Gasteiger charge is 2.56. The Labute approximate surface area is 181 Å². The summed E-state index contributed by atoms with van der Waals surface area (Å²) in [6.07, 6.45) is -0.374. The molecule has 2 aromatic rings. The molecule has 0 spiro atoms. The van der Waals surface area contributed by atoms with Gasteiger partial charge in [0.2, 0.25) is 5.91 Å². The van der Waals surface area contributed by atoms with Crippen molar-refractivity contribution in [3.63, 3.8) is 0 Å². The molecule has 2 fully saturated rings. The van der Waals surface area contributed by atoms with Crippen molar-refractivity contribution in [2.24, 2.45) is 11.8 Å². The monoisotopic (exact) mass is 452 g/mol. The van der Waals surface area contributed by atoms with Gasteiger partial charge in [-0.3, -0.25) is 9.89 Å².